The molecule has 5 heteroatoms. The molecule has 0 saturated heterocycles. The average Bonchev–Trinajstić information content (AvgIpc) is 2.71. The Morgan fingerprint density at radius 2 is 1.88 bits per heavy atom. The van der Waals surface area contributed by atoms with E-state index < -0.39 is 16.0 Å². The van der Waals surface area contributed by atoms with Gasteiger partial charge in [-0.3, -0.25) is 9.00 Å². The van der Waals surface area contributed by atoms with Crippen LogP contribution in [0.2, 0.25) is 4.34 Å². The van der Waals surface area contributed by atoms with Crippen molar-refractivity contribution in [1.82, 2.24) is 0 Å². The molecule has 1 aromatic heterocycles. The number of carbonyl (C=O) groups excluding carboxylic acids is 1. The molecule has 0 radical (unpaired) electrons. The third-order valence-corrected chi connectivity index (χ3v) is 6.27. The molecule has 1 aromatic rings. The fourth-order valence-electron chi connectivity index (χ4n) is 1.34. The van der Waals surface area contributed by atoms with Crippen LogP contribution >= 0.6 is 22.9 Å². The van der Waals surface area contributed by atoms with Gasteiger partial charge in [0, 0.05) is 16.0 Å². The van der Waals surface area contributed by atoms with Crippen molar-refractivity contribution in [2.45, 2.75) is 38.2 Å². The average molecular weight is 293 g/mol. The second-order valence-electron chi connectivity index (χ2n) is 4.39. The number of Topliss-reactive ketones (excluding diaryl/α,β-unsaturated/α-hetero) is 1. The molecule has 1 rings (SSSR count). The molecule has 0 aliphatic heterocycles. The first-order chi connectivity index (χ1) is 7.84. The Bertz CT molecular complexity index is 426. The van der Waals surface area contributed by atoms with Gasteiger partial charge < -0.3 is 0 Å². The molecule has 2 nitrogen and oxygen atoms in total. The third-order valence-electron chi connectivity index (χ3n) is 2.84. The molecule has 0 saturated carbocycles. The first kappa shape index (κ1) is 14.9. The standard InChI is InChI=1S/C12H17ClO2S2/c1-7(2)8(3)17(15)9(4)12(14)10-5-6-11(13)16-10/h5-9H,1-4H3. The van der Waals surface area contributed by atoms with Gasteiger partial charge in [-0.25, -0.2) is 0 Å². The van der Waals surface area contributed by atoms with Gasteiger partial charge in [0.05, 0.1) is 14.5 Å². The highest BCUT2D eigenvalue weighted by molar-refractivity contribution is 7.87. The van der Waals surface area contributed by atoms with E-state index in [4.69, 9.17) is 11.6 Å². The van der Waals surface area contributed by atoms with E-state index in [0.717, 1.165) is 0 Å². The van der Waals surface area contributed by atoms with E-state index in [9.17, 15) is 9.00 Å². The topological polar surface area (TPSA) is 34.1 Å². The first-order valence-electron chi connectivity index (χ1n) is 5.53. The highest BCUT2D eigenvalue weighted by Gasteiger charge is 2.27. The van der Waals surface area contributed by atoms with Gasteiger partial charge in [-0.15, -0.1) is 11.3 Å². The van der Waals surface area contributed by atoms with Crippen molar-refractivity contribution >= 4 is 39.5 Å². The van der Waals surface area contributed by atoms with Crippen LogP contribution in [-0.2, 0) is 10.8 Å². The summed E-state index contributed by atoms with van der Waals surface area (Å²) in [5, 5.41) is -0.452. The Labute approximate surface area is 114 Å². The molecule has 1 heterocycles. The van der Waals surface area contributed by atoms with Crippen molar-refractivity contribution < 1.29 is 9.00 Å². The van der Waals surface area contributed by atoms with Crippen LogP contribution in [0.25, 0.3) is 0 Å². The van der Waals surface area contributed by atoms with Gasteiger partial charge in [-0.1, -0.05) is 32.4 Å². The smallest absolute Gasteiger partial charge is 0.188 e. The minimum absolute atomic E-state index is 0.0179. The summed E-state index contributed by atoms with van der Waals surface area (Å²) in [4.78, 5) is 12.7. The lowest BCUT2D eigenvalue weighted by molar-refractivity contribution is 0.0996. The zero-order chi connectivity index (χ0) is 13.2. The van der Waals surface area contributed by atoms with E-state index in [1.54, 1.807) is 19.1 Å². The van der Waals surface area contributed by atoms with E-state index in [0.29, 0.717) is 15.1 Å². The maximum absolute atomic E-state index is 12.2. The monoisotopic (exact) mass is 292 g/mol. The summed E-state index contributed by atoms with van der Waals surface area (Å²) in [6, 6.07) is 3.39. The molecular weight excluding hydrogens is 276 g/mol. The Hall–Kier alpha value is -0.190. The van der Waals surface area contributed by atoms with Crippen molar-refractivity contribution in [2.24, 2.45) is 5.92 Å². The zero-order valence-electron chi connectivity index (χ0n) is 10.4. The normalized spacial score (nSPS) is 16.8. The van der Waals surface area contributed by atoms with Gasteiger partial charge in [-0.2, -0.15) is 0 Å². The molecule has 0 aliphatic carbocycles. The van der Waals surface area contributed by atoms with Crippen molar-refractivity contribution in [2.75, 3.05) is 0 Å². The fraction of sp³-hybridized carbons (Fsp3) is 0.583. The van der Waals surface area contributed by atoms with Crippen molar-refractivity contribution in [3.63, 3.8) is 0 Å². The second-order valence-corrected chi connectivity index (χ2v) is 8.21. The molecule has 0 aromatic carbocycles. The summed E-state index contributed by atoms with van der Waals surface area (Å²) in [5.41, 5.74) is 0. The van der Waals surface area contributed by atoms with Crippen LogP contribution < -0.4 is 0 Å². The number of thiophene rings is 1. The Kier molecular flexibility index (Phi) is 5.35. The lowest BCUT2D eigenvalue weighted by Gasteiger charge is -2.18. The number of hydrogen-bond acceptors (Lipinski definition) is 3. The molecule has 0 spiro atoms. The first-order valence-corrected chi connectivity index (χ1v) is 8.00. The van der Waals surface area contributed by atoms with Crippen LogP contribution in [0.5, 0.6) is 0 Å². The summed E-state index contributed by atoms with van der Waals surface area (Å²) < 4.78 is 12.8. The minimum Gasteiger partial charge on any atom is -0.292 e. The van der Waals surface area contributed by atoms with Crippen LogP contribution in [-0.4, -0.2) is 20.5 Å². The molecular formula is C12H17ClO2S2. The maximum atomic E-state index is 12.2. The van der Waals surface area contributed by atoms with Crippen LogP contribution in [0, 0.1) is 5.92 Å². The van der Waals surface area contributed by atoms with Gasteiger partial charge in [0.1, 0.15) is 0 Å². The molecule has 3 unspecified atom stereocenters. The number of carbonyl (C=O) groups is 1. The van der Waals surface area contributed by atoms with Crippen LogP contribution in [0.3, 0.4) is 0 Å². The summed E-state index contributed by atoms with van der Waals surface area (Å²) in [7, 11) is -1.15. The van der Waals surface area contributed by atoms with Gasteiger partial charge in [0.25, 0.3) is 0 Å². The largest absolute Gasteiger partial charge is 0.292 e. The third kappa shape index (κ3) is 3.63. The fourth-order valence-corrected chi connectivity index (χ4v) is 4.01. The van der Waals surface area contributed by atoms with Crippen molar-refractivity contribution in [1.29, 1.82) is 0 Å². The number of halogens is 1. The zero-order valence-corrected chi connectivity index (χ0v) is 12.8. The van der Waals surface area contributed by atoms with Gasteiger partial charge >= 0.3 is 0 Å². The molecule has 3 atom stereocenters. The SMILES string of the molecule is CC(C)C(C)S(=O)C(C)C(=O)c1ccc(Cl)s1. The van der Waals surface area contributed by atoms with E-state index in [2.05, 4.69) is 0 Å². The highest BCUT2D eigenvalue weighted by atomic mass is 35.5. The quantitative estimate of drug-likeness (QED) is 0.774. The molecule has 0 N–H and O–H groups in total. The maximum Gasteiger partial charge on any atom is 0.188 e. The molecule has 0 bridgehead atoms. The predicted molar refractivity (Wildman–Crippen MR) is 75.6 cm³/mol. The highest BCUT2D eigenvalue weighted by Crippen LogP contribution is 2.24. The molecule has 96 valence electrons. The van der Waals surface area contributed by atoms with Gasteiger partial charge in [0.2, 0.25) is 0 Å². The van der Waals surface area contributed by atoms with E-state index in [1.165, 1.54) is 11.3 Å². The molecule has 0 aliphatic rings. The Morgan fingerprint density at radius 3 is 2.29 bits per heavy atom. The Morgan fingerprint density at radius 1 is 1.29 bits per heavy atom. The van der Waals surface area contributed by atoms with Crippen LogP contribution in [0.15, 0.2) is 12.1 Å². The number of hydrogen-bond donors (Lipinski definition) is 0. The summed E-state index contributed by atoms with van der Waals surface area (Å²) in [5.74, 6) is 0.228. The predicted octanol–water partition coefficient (Wildman–Crippen LogP) is 3.77. The lowest BCUT2D eigenvalue weighted by Crippen LogP contribution is -2.31. The van der Waals surface area contributed by atoms with Crippen LogP contribution in [0.1, 0.15) is 37.4 Å². The van der Waals surface area contributed by atoms with E-state index >= 15 is 0 Å². The van der Waals surface area contributed by atoms with Gasteiger partial charge in [0.15, 0.2) is 5.78 Å². The minimum atomic E-state index is -1.15. The Balaban J connectivity index is 2.80. The van der Waals surface area contributed by atoms with Crippen molar-refractivity contribution in [3.8, 4) is 0 Å². The molecule has 0 amide bonds. The van der Waals surface area contributed by atoms with Crippen LogP contribution in [0.4, 0.5) is 0 Å². The summed E-state index contributed by atoms with van der Waals surface area (Å²) in [6.07, 6.45) is 0. The summed E-state index contributed by atoms with van der Waals surface area (Å²) >= 11 is 7.04. The lowest BCUT2D eigenvalue weighted by atomic mass is 10.2. The molecule has 17 heavy (non-hydrogen) atoms. The molecule has 0 fully saturated rings. The number of rotatable bonds is 5. The van der Waals surface area contributed by atoms with Gasteiger partial charge in [-0.05, 0) is 25.0 Å². The number of ketones is 1. The van der Waals surface area contributed by atoms with E-state index in [-0.39, 0.29) is 11.0 Å². The second kappa shape index (κ2) is 6.12. The summed E-state index contributed by atoms with van der Waals surface area (Å²) in [6.45, 7) is 7.68. The van der Waals surface area contributed by atoms with E-state index in [1.807, 2.05) is 20.8 Å². The van der Waals surface area contributed by atoms with Crippen molar-refractivity contribution in [3.05, 3.63) is 21.3 Å².